The third-order valence-electron chi connectivity index (χ3n) is 2.41. The van der Waals surface area contributed by atoms with Gasteiger partial charge < -0.3 is 16.0 Å². The number of benzene rings is 1. The van der Waals surface area contributed by atoms with Crippen LogP contribution >= 0.6 is 27.3 Å². The molecule has 0 aliphatic carbocycles. The lowest BCUT2D eigenvalue weighted by Gasteiger charge is -2.06. The highest BCUT2D eigenvalue weighted by molar-refractivity contribution is 9.10. The van der Waals surface area contributed by atoms with Crippen molar-refractivity contribution >= 4 is 49.8 Å². The Kier molecular flexibility index (Phi) is 4.24. The van der Waals surface area contributed by atoms with Crippen LogP contribution in [0.15, 0.2) is 22.7 Å². The first-order valence-electron chi connectivity index (χ1n) is 5.58. The van der Waals surface area contributed by atoms with Crippen molar-refractivity contribution < 1.29 is 9.18 Å². The fraction of sp³-hybridized carbons (Fsp3) is 0.167. The number of aromatic nitrogens is 1. The highest BCUT2D eigenvalue weighted by Gasteiger charge is 2.18. The Morgan fingerprint density at radius 2 is 2.20 bits per heavy atom. The predicted molar refractivity (Wildman–Crippen MR) is 82.9 cm³/mol. The van der Waals surface area contributed by atoms with E-state index in [1.54, 1.807) is 4.90 Å². The number of thiazole rings is 1. The third-order valence-corrected chi connectivity index (χ3v) is 4.30. The Labute approximate surface area is 127 Å². The van der Waals surface area contributed by atoms with Crippen molar-refractivity contribution in [3.63, 3.8) is 0 Å². The number of nitrogens with zero attached hydrogens (tertiary/aromatic N) is 2. The maximum absolute atomic E-state index is 13.0. The molecule has 2 aromatic rings. The Morgan fingerprint density at radius 1 is 1.50 bits per heavy atom. The topological polar surface area (TPSA) is 71.2 Å². The number of carbonyl (C=O) groups excluding carboxylic acids is 1. The zero-order chi connectivity index (χ0) is 14.9. The molecule has 0 spiro atoms. The molecule has 20 heavy (non-hydrogen) atoms. The summed E-state index contributed by atoms with van der Waals surface area (Å²) in [6.45, 7) is 0. The van der Waals surface area contributed by atoms with Gasteiger partial charge in [-0.15, -0.1) is 0 Å². The van der Waals surface area contributed by atoms with Crippen molar-refractivity contribution in [1.29, 1.82) is 0 Å². The maximum atomic E-state index is 13.0. The number of anilines is 3. The second-order valence-electron chi connectivity index (χ2n) is 4.18. The number of hydrogen-bond acceptors (Lipinski definition) is 5. The number of hydrogen-bond donors (Lipinski definition) is 2. The first-order valence-corrected chi connectivity index (χ1v) is 7.19. The molecule has 0 saturated heterocycles. The summed E-state index contributed by atoms with van der Waals surface area (Å²) in [5, 5.41) is 3.31. The van der Waals surface area contributed by atoms with E-state index in [0.29, 0.717) is 20.2 Å². The fourth-order valence-corrected chi connectivity index (χ4v) is 2.70. The third kappa shape index (κ3) is 3.07. The van der Waals surface area contributed by atoms with Gasteiger partial charge in [0.25, 0.3) is 5.91 Å². The Hall–Kier alpha value is -1.67. The quantitative estimate of drug-likeness (QED) is 0.884. The van der Waals surface area contributed by atoms with E-state index in [0.717, 1.165) is 0 Å². The van der Waals surface area contributed by atoms with Crippen molar-refractivity contribution in [1.82, 2.24) is 4.98 Å². The van der Waals surface area contributed by atoms with Gasteiger partial charge in [-0.05, 0) is 34.1 Å². The van der Waals surface area contributed by atoms with Gasteiger partial charge in [-0.2, -0.15) is 0 Å². The zero-order valence-corrected chi connectivity index (χ0v) is 13.2. The molecule has 0 aliphatic heterocycles. The molecule has 5 nitrogen and oxygen atoms in total. The van der Waals surface area contributed by atoms with E-state index in [9.17, 15) is 9.18 Å². The number of rotatable bonds is 3. The van der Waals surface area contributed by atoms with Crippen LogP contribution in [0.4, 0.5) is 21.0 Å². The molecule has 0 atom stereocenters. The van der Waals surface area contributed by atoms with Crippen molar-refractivity contribution in [2.24, 2.45) is 0 Å². The summed E-state index contributed by atoms with van der Waals surface area (Å²) in [6, 6.07) is 4.01. The first kappa shape index (κ1) is 14.7. The van der Waals surface area contributed by atoms with Crippen molar-refractivity contribution in [3.8, 4) is 0 Å². The second-order valence-corrected chi connectivity index (χ2v) is 6.02. The van der Waals surface area contributed by atoms with Crippen LogP contribution in [0.1, 0.15) is 9.67 Å². The summed E-state index contributed by atoms with van der Waals surface area (Å²) in [5.74, 6) is -0.586. The van der Waals surface area contributed by atoms with Gasteiger partial charge in [0, 0.05) is 18.6 Å². The van der Waals surface area contributed by atoms with Gasteiger partial charge in [0.05, 0.1) is 5.69 Å². The number of amides is 1. The molecule has 2 rings (SSSR count). The highest BCUT2D eigenvalue weighted by Crippen LogP contribution is 2.29. The van der Waals surface area contributed by atoms with Gasteiger partial charge in [-0.1, -0.05) is 11.3 Å². The summed E-state index contributed by atoms with van der Waals surface area (Å²) in [6.07, 6.45) is 0. The molecule has 0 unspecified atom stereocenters. The molecule has 106 valence electrons. The summed E-state index contributed by atoms with van der Waals surface area (Å²) in [7, 11) is 3.63. The van der Waals surface area contributed by atoms with E-state index in [1.807, 2.05) is 14.1 Å². The molecule has 0 saturated carbocycles. The van der Waals surface area contributed by atoms with Gasteiger partial charge in [-0.25, -0.2) is 9.37 Å². The Morgan fingerprint density at radius 3 is 2.75 bits per heavy atom. The van der Waals surface area contributed by atoms with Crippen LogP contribution in [0.3, 0.4) is 0 Å². The second kappa shape index (κ2) is 5.76. The minimum Gasteiger partial charge on any atom is -0.382 e. The largest absolute Gasteiger partial charge is 0.382 e. The van der Waals surface area contributed by atoms with Crippen LogP contribution < -0.4 is 16.0 Å². The molecule has 1 aromatic heterocycles. The lowest BCUT2D eigenvalue weighted by Crippen LogP contribution is -2.12. The van der Waals surface area contributed by atoms with E-state index in [-0.39, 0.29) is 17.5 Å². The van der Waals surface area contributed by atoms with Crippen molar-refractivity contribution in [2.45, 2.75) is 0 Å². The Bertz CT molecular complexity index is 659. The number of nitrogens with one attached hydrogen (secondary N) is 1. The average molecular weight is 359 g/mol. The van der Waals surface area contributed by atoms with Crippen LogP contribution in [0, 0.1) is 5.82 Å². The van der Waals surface area contributed by atoms with Gasteiger partial charge in [0.1, 0.15) is 16.5 Å². The van der Waals surface area contributed by atoms with E-state index >= 15 is 0 Å². The molecule has 0 bridgehead atoms. The number of nitrogens with two attached hydrogens (primary N) is 1. The molecule has 1 amide bonds. The number of halogens is 2. The van der Waals surface area contributed by atoms with Gasteiger partial charge >= 0.3 is 0 Å². The van der Waals surface area contributed by atoms with E-state index in [1.165, 1.54) is 29.5 Å². The van der Waals surface area contributed by atoms with Crippen molar-refractivity contribution in [3.05, 3.63) is 33.4 Å². The minimum atomic E-state index is -0.387. The number of nitrogen functional groups attached to an aromatic ring is 1. The predicted octanol–water partition coefficient (Wildman–Crippen LogP) is 2.95. The molecule has 0 radical (unpaired) electrons. The monoisotopic (exact) mass is 358 g/mol. The van der Waals surface area contributed by atoms with Crippen LogP contribution in [0.5, 0.6) is 0 Å². The van der Waals surface area contributed by atoms with Gasteiger partial charge in [0.2, 0.25) is 0 Å². The van der Waals surface area contributed by atoms with E-state index in [2.05, 4.69) is 26.2 Å². The van der Waals surface area contributed by atoms with Crippen LogP contribution in [0.2, 0.25) is 0 Å². The summed E-state index contributed by atoms with van der Waals surface area (Å²) < 4.78 is 13.4. The minimum absolute atomic E-state index is 0.175. The highest BCUT2D eigenvalue weighted by atomic mass is 79.9. The van der Waals surface area contributed by atoms with E-state index < -0.39 is 0 Å². The zero-order valence-electron chi connectivity index (χ0n) is 10.8. The molecule has 0 aliphatic rings. The molecule has 3 N–H and O–H groups in total. The molecule has 0 fully saturated rings. The molecular weight excluding hydrogens is 347 g/mol. The number of carbonyl (C=O) groups is 1. The van der Waals surface area contributed by atoms with Gasteiger partial charge in [0.15, 0.2) is 5.13 Å². The van der Waals surface area contributed by atoms with E-state index in [4.69, 9.17) is 5.73 Å². The fourth-order valence-electron chi connectivity index (χ4n) is 1.44. The summed E-state index contributed by atoms with van der Waals surface area (Å²) >= 11 is 4.38. The molecular formula is C12H12BrFN4OS. The maximum Gasteiger partial charge on any atom is 0.269 e. The van der Waals surface area contributed by atoms with Crippen LogP contribution in [-0.4, -0.2) is 25.0 Å². The van der Waals surface area contributed by atoms with Crippen molar-refractivity contribution in [2.75, 3.05) is 30.0 Å². The lowest BCUT2D eigenvalue weighted by atomic mass is 10.3. The van der Waals surface area contributed by atoms with Crippen LogP contribution in [-0.2, 0) is 0 Å². The standard InChI is InChI=1S/C12H12BrFN4OS/c1-18(2)12-17-10(15)9(20-12)11(19)16-8-4-3-6(14)5-7(8)13/h3-5H,15H2,1-2H3,(H,16,19). The smallest absolute Gasteiger partial charge is 0.269 e. The van der Waals surface area contributed by atoms with Crippen LogP contribution in [0.25, 0.3) is 0 Å². The van der Waals surface area contributed by atoms with Gasteiger partial charge in [-0.3, -0.25) is 4.79 Å². The molecule has 1 aromatic carbocycles. The SMILES string of the molecule is CN(C)c1nc(N)c(C(=O)Nc2ccc(F)cc2Br)s1. The lowest BCUT2D eigenvalue weighted by molar-refractivity contribution is 0.103. The summed E-state index contributed by atoms with van der Waals surface area (Å²) in [4.78, 5) is 18.3. The molecule has 8 heteroatoms. The average Bonchev–Trinajstić information content (AvgIpc) is 2.75. The summed E-state index contributed by atoms with van der Waals surface area (Å²) in [5.41, 5.74) is 6.20. The first-order chi connectivity index (χ1) is 9.38. The molecule has 1 heterocycles. The Balaban J connectivity index is 2.24. The normalized spacial score (nSPS) is 10.4.